The maximum absolute atomic E-state index is 12.4. The van der Waals surface area contributed by atoms with Gasteiger partial charge in [0.05, 0.1) is 21.4 Å². The van der Waals surface area contributed by atoms with Gasteiger partial charge in [-0.25, -0.2) is 8.42 Å². The molecule has 5 heteroatoms. The average molecular weight is 327 g/mol. The zero-order chi connectivity index (χ0) is 13.2. The molecule has 0 aliphatic carbocycles. The van der Waals surface area contributed by atoms with E-state index in [4.69, 9.17) is 4.74 Å². The molecule has 3 nitrogen and oxygen atoms in total. The van der Waals surface area contributed by atoms with Gasteiger partial charge in [-0.05, 0) is 40.2 Å². The molecule has 0 radical (unpaired) electrons. The number of rotatable bonds is 3. The van der Waals surface area contributed by atoms with Gasteiger partial charge in [0.1, 0.15) is 5.75 Å². The molecule has 0 aliphatic heterocycles. The van der Waals surface area contributed by atoms with Gasteiger partial charge >= 0.3 is 0 Å². The van der Waals surface area contributed by atoms with E-state index in [0.717, 1.165) is 0 Å². The van der Waals surface area contributed by atoms with Crippen molar-refractivity contribution in [3.8, 4) is 5.75 Å². The second kappa shape index (κ2) is 5.12. The summed E-state index contributed by atoms with van der Waals surface area (Å²) in [5.41, 5.74) is 0. The Hall–Kier alpha value is -1.33. The first-order valence-corrected chi connectivity index (χ1v) is 7.47. The normalized spacial score (nSPS) is 11.2. The highest BCUT2D eigenvalue weighted by atomic mass is 79.9. The van der Waals surface area contributed by atoms with Crippen LogP contribution in [0.3, 0.4) is 0 Å². The van der Waals surface area contributed by atoms with Gasteiger partial charge < -0.3 is 4.74 Å². The van der Waals surface area contributed by atoms with Gasteiger partial charge in [0.25, 0.3) is 0 Å². The Morgan fingerprint density at radius 2 is 1.67 bits per heavy atom. The topological polar surface area (TPSA) is 43.4 Å². The van der Waals surface area contributed by atoms with Crippen LogP contribution in [0.4, 0.5) is 0 Å². The second-order valence-corrected chi connectivity index (χ2v) is 6.30. The van der Waals surface area contributed by atoms with Crippen molar-refractivity contribution in [1.29, 1.82) is 0 Å². The highest BCUT2D eigenvalue weighted by Gasteiger charge is 2.21. The van der Waals surface area contributed by atoms with Gasteiger partial charge in [-0.3, -0.25) is 0 Å². The van der Waals surface area contributed by atoms with Crippen LogP contribution in [-0.4, -0.2) is 15.5 Å². The van der Waals surface area contributed by atoms with E-state index in [1.165, 1.54) is 7.11 Å². The molecule has 0 amide bonds. The molecule has 0 saturated heterocycles. The summed E-state index contributed by atoms with van der Waals surface area (Å²) in [6.07, 6.45) is 0. The maximum atomic E-state index is 12.4. The van der Waals surface area contributed by atoms with Gasteiger partial charge in [-0.1, -0.05) is 24.3 Å². The monoisotopic (exact) mass is 326 g/mol. The van der Waals surface area contributed by atoms with Gasteiger partial charge in [0.15, 0.2) is 0 Å². The van der Waals surface area contributed by atoms with Crippen LogP contribution in [0.25, 0.3) is 0 Å². The predicted molar refractivity (Wildman–Crippen MR) is 72.6 cm³/mol. The molecule has 2 aromatic rings. The number of hydrogen-bond acceptors (Lipinski definition) is 3. The molecular formula is C13H11BrO3S. The van der Waals surface area contributed by atoms with Crippen molar-refractivity contribution in [2.45, 2.75) is 9.79 Å². The molecule has 0 aliphatic rings. The number of ether oxygens (including phenoxy) is 1. The summed E-state index contributed by atoms with van der Waals surface area (Å²) in [4.78, 5) is 0.465. The lowest BCUT2D eigenvalue weighted by molar-refractivity contribution is 0.410. The average Bonchev–Trinajstić information content (AvgIpc) is 2.40. The van der Waals surface area contributed by atoms with Crippen molar-refractivity contribution in [3.05, 3.63) is 53.0 Å². The largest absolute Gasteiger partial charge is 0.496 e. The van der Waals surface area contributed by atoms with Crippen molar-refractivity contribution >= 4 is 25.8 Å². The number of hydrogen-bond donors (Lipinski definition) is 0. The number of sulfone groups is 1. The third kappa shape index (κ3) is 2.28. The van der Waals surface area contributed by atoms with Crippen molar-refractivity contribution < 1.29 is 13.2 Å². The Labute approximate surface area is 114 Å². The highest BCUT2D eigenvalue weighted by molar-refractivity contribution is 9.10. The van der Waals surface area contributed by atoms with Gasteiger partial charge in [0.2, 0.25) is 9.84 Å². The molecule has 2 aromatic carbocycles. The van der Waals surface area contributed by atoms with Crippen molar-refractivity contribution in [2.24, 2.45) is 0 Å². The third-order valence-corrected chi connectivity index (χ3v) is 5.38. The summed E-state index contributed by atoms with van der Waals surface area (Å²) < 4.78 is 30.4. The molecule has 0 unspecified atom stereocenters. The van der Waals surface area contributed by atoms with Crippen LogP contribution in [0.15, 0.2) is 62.8 Å². The van der Waals surface area contributed by atoms with Crippen LogP contribution in [0.2, 0.25) is 0 Å². The molecule has 0 aromatic heterocycles. The fraction of sp³-hybridized carbons (Fsp3) is 0.0769. The third-order valence-electron chi connectivity index (χ3n) is 2.49. The molecule has 0 heterocycles. The summed E-state index contributed by atoms with van der Waals surface area (Å²) in [6, 6.07) is 13.2. The van der Waals surface area contributed by atoms with E-state index >= 15 is 0 Å². The first-order valence-electron chi connectivity index (χ1n) is 5.20. The maximum Gasteiger partial charge on any atom is 0.207 e. The minimum absolute atomic E-state index is 0.202. The van der Waals surface area contributed by atoms with E-state index in [-0.39, 0.29) is 9.79 Å². The minimum Gasteiger partial charge on any atom is -0.496 e. The SMILES string of the molecule is COc1cccc(S(=O)(=O)c2ccccc2)c1Br. The van der Waals surface area contributed by atoms with E-state index in [1.807, 2.05) is 0 Å². The zero-order valence-corrected chi connectivity index (χ0v) is 12.0. The van der Waals surface area contributed by atoms with Crippen LogP contribution in [0.1, 0.15) is 0 Å². The number of benzene rings is 2. The van der Waals surface area contributed by atoms with Gasteiger partial charge in [0, 0.05) is 0 Å². The van der Waals surface area contributed by atoms with Crippen LogP contribution in [0, 0.1) is 0 Å². The summed E-state index contributed by atoms with van der Waals surface area (Å²) >= 11 is 3.27. The molecule has 0 atom stereocenters. The predicted octanol–water partition coefficient (Wildman–Crippen LogP) is 3.29. The van der Waals surface area contributed by atoms with Crippen LogP contribution >= 0.6 is 15.9 Å². The first-order chi connectivity index (χ1) is 8.57. The summed E-state index contributed by atoms with van der Waals surface area (Å²) in [6.45, 7) is 0. The fourth-order valence-electron chi connectivity index (χ4n) is 1.58. The van der Waals surface area contributed by atoms with E-state index in [1.54, 1.807) is 48.5 Å². The zero-order valence-electron chi connectivity index (χ0n) is 9.63. The van der Waals surface area contributed by atoms with Gasteiger partial charge in [-0.15, -0.1) is 0 Å². The molecule has 2 rings (SSSR count). The van der Waals surface area contributed by atoms with Gasteiger partial charge in [-0.2, -0.15) is 0 Å². The smallest absolute Gasteiger partial charge is 0.207 e. The lowest BCUT2D eigenvalue weighted by atomic mass is 10.3. The Balaban J connectivity index is 2.63. The molecule has 0 spiro atoms. The lowest BCUT2D eigenvalue weighted by Crippen LogP contribution is -2.03. The molecule has 0 saturated carbocycles. The van der Waals surface area contributed by atoms with E-state index < -0.39 is 9.84 Å². The van der Waals surface area contributed by atoms with Crippen molar-refractivity contribution in [2.75, 3.05) is 7.11 Å². The van der Waals surface area contributed by atoms with E-state index in [9.17, 15) is 8.42 Å². The Morgan fingerprint density at radius 3 is 2.28 bits per heavy atom. The van der Waals surface area contributed by atoms with Crippen LogP contribution < -0.4 is 4.74 Å². The van der Waals surface area contributed by atoms with Crippen molar-refractivity contribution in [1.82, 2.24) is 0 Å². The quantitative estimate of drug-likeness (QED) is 0.869. The lowest BCUT2D eigenvalue weighted by Gasteiger charge is -2.09. The molecule has 18 heavy (non-hydrogen) atoms. The molecule has 94 valence electrons. The summed E-state index contributed by atoms with van der Waals surface area (Å²) in [5, 5.41) is 0. The minimum atomic E-state index is -3.53. The number of halogens is 1. The van der Waals surface area contributed by atoms with Crippen molar-refractivity contribution in [3.63, 3.8) is 0 Å². The Morgan fingerprint density at radius 1 is 1.00 bits per heavy atom. The standard InChI is InChI=1S/C13H11BrO3S/c1-17-11-8-5-9-12(13(11)14)18(15,16)10-6-3-2-4-7-10/h2-9H,1H3. The molecule has 0 bridgehead atoms. The highest BCUT2D eigenvalue weighted by Crippen LogP contribution is 2.34. The van der Waals surface area contributed by atoms with Crippen LogP contribution in [-0.2, 0) is 9.84 Å². The number of methoxy groups -OCH3 is 1. The molecular weight excluding hydrogens is 316 g/mol. The summed E-state index contributed by atoms with van der Waals surface area (Å²) in [5.74, 6) is 0.493. The summed E-state index contributed by atoms with van der Waals surface area (Å²) in [7, 11) is -2.03. The molecule has 0 N–H and O–H groups in total. The Kier molecular flexibility index (Phi) is 3.73. The molecule has 0 fully saturated rings. The van der Waals surface area contributed by atoms with E-state index in [2.05, 4.69) is 15.9 Å². The fourth-order valence-corrected chi connectivity index (χ4v) is 4.01. The van der Waals surface area contributed by atoms with E-state index in [0.29, 0.717) is 10.2 Å². The van der Waals surface area contributed by atoms with Crippen LogP contribution in [0.5, 0.6) is 5.75 Å². The second-order valence-electron chi connectivity index (χ2n) is 3.59. The first kappa shape index (κ1) is 13.1. The Bertz CT molecular complexity index is 651.